The van der Waals surface area contributed by atoms with Gasteiger partial charge in [-0.25, -0.2) is 0 Å². The maximum absolute atomic E-state index is 2.45. The number of rotatable bonds is 3. The van der Waals surface area contributed by atoms with Gasteiger partial charge in [-0.05, 0) is 64.7 Å². The lowest BCUT2D eigenvalue weighted by molar-refractivity contribution is 1.18. The van der Waals surface area contributed by atoms with Crippen LogP contribution in [0.2, 0.25) is 0 Å². The van der Waals surface area contributed by atoms with E-state index in [0.717, 1.165) is 0 Å². The topological polar surface area (TPSA) is 9.34 Å². The predicted octanol–water partition coefficient (Wildman–Crippen LogP) is 11.3. The predicted molar refractivity (Wildman–Crippen MR) is 186 cm³/mol. The quantitative estimate of drug-likeness (QED) is 0.204. The Balaban J connectivity index is 1.24. The second-order valence-electron chi connectivity index (χ2n) is 11.8. The maximum Gasteiger partial charge on any atom is 0.0620 e. The van der Waals surface area contributed by atoms with E-state index in [-0.39, 0.29) is 0 Å². The SMILES string of the molecule is c1ccc(-c2cccc(-n3c4ccccc4c4c(-c5ccc6c(c5)c5cccc7c8ccccc8n6c75)cccc43)c2)cc1. The number of para-hydroxylation sites is 3. The van der Waals surface area contributed by atoms with Gasteiger partial charge in [-0.15, -0.1) is 0 Å². The maximum atomic E-state index is 2.45. The molecule has 0 radical (unpaired) electrons. The molecule has 204 valence electrons. The van der Waals surface area contributed by atoms with Crippen LogP contribution in [0.3, 0.4) is 0 Å². The van der Waals surface area contributed by atoms with Crippen molar-refractivity contribution in [2.24, 2.45) is 0 Å². The van der Waals surface area contributed by atoms with Crippen molar-refractivity contribution in [2.45, 2.75) is 0 Å². The van der Waals surface area contributed by atoms with Crippen molar-refractivity contribution in [3.63, 3.8) is 0 Å². The largest absolute Gasteiger partial charge is 0.309 e. The van der Waals surface area contributed by atoms with E-state index in [0.29, 0.717) is 0 Å². The van der Waals surface area contributed by atoms with Gasteiger partial charge in [0.25, 0.3) is 0 Å². The molecule has 2 nitrogen and oxygen atoms in total. The van der Waals surface area contributed by atoms with Crippen LogP contribution in [0.1, 0.15) is 0 Å². The van der Waals surface area contributed by atoms with E-state index >= 15 is 0 Å². The molecule has 0 saturated carbocycles. The summed E-state index contributed by atoms with van der Waals surface area (Å²) in [5, 5.41) is 7.79. The minimum Gasteiger partial charge on any atom is -0.309 e. The van der Waals surface area contributed by atoms with Crippen LogP contribution in [0, 0.1) is 0 Å². The van der Waals surface area contributed by atoms with Gasteiger partial charge >= 0.3 is 0 Å². The molecule has 0 saturated heterocycles. The highest BCUT2D eigenvalue weighted by molar-refractivity contribution is 6.24. The van der Waals surface area contributed by atoms with E-state index in [2.05, 4.69) is 167 Å². The Bertz CT molecular complexity index is 2710. The lowest BCUT2D eigenvalue weighted by atomic mass is 9.97. The molecule has 0 bridgehead atoms. The number of aromatic nitrogens is 2. The normalized spacial score (nSPS) is 12.1. The zero-order valence-corrected chi connectivity index (χ0v) is 23.9. The molecule has 0 aliphatic rings. The average Bonchev–Trinajstić information content (AvgIpc) is 3.74. The number of fused-ring (bicyclic) bond motifs is 9. The van der Waals surface area contributed by atoms with Crippen LogP contribution in [-0.4, -0.2) is 8.97 Å². The summed E-state index contributed by atoms with van der Waals surface area (Å²) >= 11 is 0. The fourth-order valence-electron chi connectivity index (χ4n) is 7.59. The van der Waals surface area contributed by atoms with E-state index in [4.69, 9.17) is 0 Å². The van der Waals surface area contributed by atoms with Gasteiger partial charge in [0.15, 0.2) is 0 Å². The van der Waals surface area contributed by atoms with E-state index in [1.807, 2.05) is 0 Å². The molecule has 44 heavy (non-hydrogen) atoms. The Morgan fingerprint density at radius 1 is 0.341 bits per heavy atom. The number of nitrogens with zero attached hydrogens (tertiary/aromatic N) is 2. The average molecular weight is 559 g/mol. The first-order valence-electron chi connectivity index (χ1n) is 15.2. The molecule has 7 aromatic carbocycles. The molecule has 0 aliphatic heterocycles. The fraction of sp³-hybridized carbons (Fsp3) is 0. The molecule has 3 aromatic heterocycles. The monoisotopic (exact) mass is 558 g/mol. The summed E-state index contributed by atoms with van der Waals surface area (Å²) in [5.74, 6) is 0. The summed E-state index contributed by atoms with van der Waals surface area (Å²) in [5.41, 5.74) is 12.4. The van der Waals surface area contributed by atoms with Crippen LogP contribution in [0.5, 0.6) is 0 Å². The van der Waals surface area contributed by atoms with Crippen LogP contribution in [0.15, 0.2) is 158 Å². The van der Waals surface area contributed by atoms with E-state index < -0.39 is 0 Å². The van der Waals surface area contributed by atoms with Crippen LogP contribution in [-0.2, 0) is 0 Å². The van der Waals surface area contributed by atoms with Gasteiger partial charge < -0.3 is 8.97 Å². The van der Waals surface area contributed by atoms with Crippen LogP contribution in [0.25, 0.3) is 87.8 Å². The van der Waals surface area contributed by atoms with Crippen molar-refractivity contribution in [1.29, 1.82) is 0 Å². The summed E-state index contributed by atoms with van der Waals surface area (Å²) < 4.78 is 4.87. The number of hydrogen-bond donors (Lipinski definition) is 0. The third kappa shape index (κ3) is 3.14. The second-order valence-corrected chi connectivity index (χ2v) is 11.8. The third-order valence-electron chi connectivity index (χ3n) is 9.44. The smallest absolute Gasteiger partial charge is 0.0620 e. The Labute approximate surface area is 254 Å². The van der Waals surface area contributed by atoms with Crippen molar-refractivity contribution in [1.82, 2.24) is 8.97 Å². The van der Waals surface area contributed by atoms with Crippen molar-refractivity contribution >= 4 is 59.9 Å². The summed E-state index contributed by atoms with van der Waals surface area (Å²) in [6, 6.07) is 57.6. The highest BCUT2D eigenvalue weighted by Crippen LogP contribution is 2.43. The van der Waals surface area contributed by atoms with E-state index in [1.165, 1.54) is 87.8 Å². The molecule has 10 rings (SSSR count). The Kier molecular flexibility index (Phi) is 4.75. The molecule has 0 unspecified atom stereocenters. The number of benzene rings is 7. The Hall–Kier alpha value is -5.86. The molecular formula is C42H26N2. The van der Waals surface area contributed by atoms with Gasteiger partial charge in [0, 0.05) is 38.0 Å². The summed E-state index contributed by atoms with van der Waals surface area (Å²) in [6.07, 6.45) is 0. The fourth-order valence-corrected chi connectivity index (χ4v) is 7.59. The lowest BCUT2D eigenvalue weighted by Gasteiger charge is -2.11. The van der Waals surface area contributed by atoms with Crippen molar-refractivity contribution in [2.75, 3.05) is 0 Å². The van der Waals surface area contributed by atoms with Crippen LogP contribution < -0.4 is 0 Å². The highest BCUT2D eigenvalue weighted by atomic mass is 15.0. The highest BCUT2D eigenvalue weighted by Gasteiger charge is 2.19. The molecule has 3 heterocycles. The first-order chi connectivity index (χ1) is 21.8. The van der Waals surface area contributed by atoms with Crippen LogP contribution in [0.4, 0.5) is 0 Å². The molecule has 0 spiro atoms. The minimum absolute atomic E-state index is 1.17. The van der Waals surface area contributed by atoms with Gasteiger partial charge in [0.1, 0.15) is 0 Å². The standard InChI is InChI=1S/C42H26N2/c1-2-11-27(12-3-1)28-13-8-14-30(25-28)43-38-21-7-5-16-35(38)41-31(17-10-22-40(41)43)29-23-24-39-36(26-29)34-19-9-18-33-32-15-4-6-20-37(32)44(39)42(33)34/h1-26H. The third-order valence-corrected chi connectivity index (χ3v) is 9.44. The minimum atomic E-state index is 1.17. The molecule has 0 amide bonds. The van der Waals surface area contributed by atoms with Gasteiger partial charge in [0.05, 0.1) is 27.6 Å². The van der Waals surface area contributed by atoms with E-state index in [1.54, 1.807) is 0 Å². The first-order valence-corrected chi connectivity index (χ1v) is 15.2. The van der Waals surface area contributed by atoms with Gasteiger partial charge in [-0.1, -0.05) is 115 Å². The molecule has 10 aromatic rings. The number of hydrogen-bond acceptors (Lipinski definition) is 0. The lowest BCUT2D eigenvalue weighted by Crippen LogP contribution is -1.94. The molecule has 0 N–H and O–H groups in total. The molecular weight excluding hydrogens is 532 g/mol. The van der Waals surface area contributed by atoms with Crippen molar-refractivity contribution < 1.29 is 0 Å². The second kappa shape index (κ2) is 8.82. The Morgan fingerprint density at radius 3 is 1.86 bits per heavy atom. The van der Waals surface area contributed by atoms with Crippen molar-refractivity contribution in [3.05, 3.63) is 158 Å². The molecule has 0 fully saturated rings. The Morgan fingerprint density at radius 2 is 0.977 bits per heavy atom. The molecule has 0 aliphatic carbocycles. The van der Waals surface area contributed by atoms with Gasteiger partial charge in [0.2, 0.25) is 0 Å². The summed E-state index contributed by atoms with van der Waals surface area (Å²) in [7, 11) is 0. The zero-order chi connectivity index (χ0) is 28.8. The summed E-state index contributed by atoms with van der Waals surface area (Å²) in [4.78, 5) is 0. The molecule has 0 atom stereocenters. The van der Waals surface area contributed by atoms with Gasteiger partial charge in [-0.2, -0.15) is 0 Å². The van der Waals surface area contributed by atoms with Crippen molar-refractivity contribution in [3.8, 4) is 27.9 Å². The molecule has 2 heteroatoms. The van der Waals surface area contributed by atoms with Crippen LogP contribution >= 0.6 is 0 Å². The van der Waals surface area contributed by atoms with E-state index in [9.17, 15) is 0 Å². The summed E-state index contributed by atoms with van der Waals surface area (Å²) in [6.45, 7) is 0. The van der Waals surface area contributed by atoms with Gasteiger partial charge in [-0.3, -0.25) is 0 Å². The first kappa shape index (κ1) is 23.7. The zero-order valence-electron chi connectivity index (χ0n) is 23.9.